The molecule has 0 fully saturated rings. The summed E-state index contributed by atoms with van der Waals surface area (Å²) in [5, 5.41) is 2.79. The second-order valence-electron chi connectivity index (χ2n) is 5.63. The molecule has 24 heavy (non-hydrogen) atoms. The first-order valence-electron chi connectivity index (χ1n) is 8.00. The summed E-state index contributed by atoms with van der Waals surface area (Å²) in [5.41, 5.74) is 7.10. The average Bonchev–Trinajstić information content (AvgIpc) is 2.64. The molecular formula is C21H20NOP. The third kappa shape index (κ3) is 4.10. The van der Waals surface area contributed by atoms with Crippen LogP contribution in [-0.4, -0.2) is 12.1 Å². The Bertz CT molecular complexity index is 746. The van der Waals surface area contributed by atoms with Gasteiger partial charge < -0.3 is 5.73 Å². The topological polar surface area (TPSA) is 43.1 Å². The lowest BCUT2D eigenvalue weighted by Gasteiger charge is -2.18. The summed E-state index contributed by atoms with van der Waals surface area (Å²) in [5.74, 6) is -0.377. The lowest BCUT2D eigenvalue weighted by Crippen LogP contribution is -2.15. The van der Waals surface area contributed by atoms with Crippen molar-refractivity contribution >= 4 is 24.4 Å². The van der Waals surface area contributed by atoms with E-state index in [1.165, 1.54) is 16.2 Å². The summed E-state index contributed by atoms with van der Waals surface area (Å²) in [7, 11) is -0.386. The second-order valence-corrected chi connectivity index (χ2v) is 7.97. The first kappa shape index (κ1) is 16.4. The number of hydrogen-bond donors (Lipinski definition) is 1. The molecule has 0 radical (unpaired) electrons. The molecule has 0 heterocycles. The smallest absolute Gasteiger partial charge is 0.248 e. The molecule has 3 heteroatoms. The van der Waals surface area contributed by atoms with Gasteiger partial charge in [-0.05, 0) is 48.8 Å². The van der Waals surface area contributed by atoms with Crippen LogP contribution in [0, 0.1) is 0 Å². The monoisotopic (exact) mass is 333 g/mol. The van der Waals surface area contributed by atoms with Gasteiger partial charge in [-0.25, -0.2) is 0 Å². The molecule has 3 rings (SSSR count). The molecule has 2 nitrogen and oxygen atoms in total. The molecule has 3 aromatic rings. The number of nitrogens with two attached hydrogens (primary N) is 1. The molecule has 0 atom stereocenters. The third-order valence-corrected chi connectivity index (χ3v) is 6.51. The van der Waals surface area contributed by atoms with E-state index in [9.17, 15) is 4.79 Å². The quantitative estimate of drug-likeness (QED) is 0.690. The first-order valence-corrected chi connectivity index (χ1v) is 9.53. The number of benzene rings is 3. The van der Waals surface area contributed by atoms with E-state index in [0.29, 0.717) is 5.56 Å². The Balaban J connectivity index is 1.79. The van der Waals surface area contributed by atoms with E-state index < -0.39 is 0 Å². The Morgan fingerprint density at radius 2 is 1.25 bits per heavy atom. The zero-order chi connectivity index (χ0) is 16.8. The molecule has 0 aliphatic carbocycles. The van der Waals surface area contributed by atoms with Gasteiger partial charge in [-0.15, -0.1) is 0 Å². The molecule has 1 amide bonds. The van der Waals surface area contributed by atoms with Crippen molar-refractivity contribution in [3.63, 3.8) is 0 Å². The van der Waals surface area contributed by atoms with Crippen molar-refractivity contribution in [2.75, 3.05) is 6.16 Å². The predicted octanol–water partition coefficient (Wildman–Crippen LogP) is 3.46. The standard InChI is InChI=1S/C21H20NOP/c22-21(23)18-13-11-17(12-14-18)15-16-24(19-7-3-1-4-8-19)20-9-5-2-6-10-20/h1-14H,15-16H2,(H2,22,23). The molecule has 0 unspecified atom stereocenters. The van der Waals surface area contributed by atoms with Gasteiger partial charge in [-0.3, -0.25) is 4.79 Å². The van der Waals surface area contributed by atoms with Crippen LogP contribution in [0.1, 0.15) is 15.9 Å². The van der Waals surface area contributed by atoms with Gasteiger partial charge in [0.2, 0.25) is 5.91 Å². The van der Waals surface area contributed by atoms with Crippen LogP contribution >= 0.6 is 7.92 Å². The maximum atomic E-state index is 11.2. The summed E-state index contributed by atoms with van der Waals surface area (Å²) in [6.45, 7) is 0. The number of primary amides is 1. The fourth-order valence-corrected chi connectivity index (χ4v) is 5.06. The number of rotatable bonds is 6. The average molecular weight is 333 g/mol. The van der Waals surface area contributed by atoms with Crippen LogP contribution in [0.25, 0.3) is 0 Å². The van der Waals surface area contributed by atoms with E-state index in [1.807, 2.05) is 24.3 Å². The minimum absolute atomic E-state index is 0.377. The molecule has 0 spiro atoms. The number of carbonyl (C=O) groups excluding carboxylic acids is 1. The largest absolute Gasteiger partial charge is 0.366 e. The fourth-order valence-electron chi connectivity index (χ4n) is 2.70. The van der Waals surface area contributed by atoms with E-state index in [2.05, 4.69) is 60.7 Å². The van der Waals surface area contributed by atoms with Gasteiger partial charge in [0.15, 0.2) is 0 Å². The zero-order valence-electron chi connectivity index (χ0n) is 13.4. The maximum Gasteiger partial charge on any atom is 0.248 e. The van der Waals surface area contributed by atoms with Gasteiger partial charge >= 0.3 is 0 Å². The highest BCUT2D eigenvalue weighted by Gasteiger charge is 2.13. The van der Waals surface area contributed by atoms with Gasteiger partial charge in [0, 0.05) is 5.56 Å². The highest BCUT2D eigenvalue weighted by molar-refractivity contribution is 7.73. The summed E-state index contributed by atoms with van der Waals surface area (Å²) in [6, 6.07) is 29.0. The molecule has 0 aliphatic heterocycles. The molecule has 2 N–H and O–H groups in total. The highest BCUT2D eigenvalue weighted by atomic mass is 31.1. The number of aryl methyl sites for hydroxylation is 1. The van der Waals surface area contributed by atoms with Crippen LogP contribution < -0.4 is 16.3 Å². The molecule has 3 aromatic carbocycles. The lowest BCUT2D eigenvalue weighted by atomic mass is 10.1. The fraction of sp³-hybridized carbons (Fsp3) is 0.0952. The van der Waals surface area contributed by atoms with Crippen LogP contribution in [0.5, 0.6) is 0 Å². The Morgan fingerprint density at radius 1 is 0.750 bits per heavy atom. The number of amides is 1. The molecule has 120 valence electrons. The van der Waals surface area contributed by atoms with Gasteiger partial charge in [0.1, 0.15) is 0 Å². The SMILES string of the molecule is NC(=O)c1ccc(CCP(c2ccccc2)c2ccccc2)cc1. The minimum atomic E-state index is -0.386. The number of hydrogen-bond acceptors (Lipinski definition) is 1. The third-order valence-electron chi connectivity index (χ3n) is 4.00. The normalized spacial score (nSPS) is 10.7. The van der Waals surface area contributed by atoms with Gasteiger partial charge in [-0.1, -0.05) is 72.8 Å². The van der Waals surface area contributed by atoms with Crippen LogP contribution in [0.3, 0.4) is 0 Å². The summed E-state index contributed by atoms with van der Waals surface area (Å²) < 4.78 is 0. The van der Waals surface area contributed by atoms with E-state index >= 15 is 0 Å². The van der Waals surface area contributed by atoms with Crippen LogP contribution in [0.15, 0.2) is 84.9 Å². The number of carbonyl (C=O) groups is 1. The summed E-state index contributed by atoms with van der Waals surface area (Å²) in [4.78, 5) is 11.2. The van der Waals surface area contributed by atoms with E-state index in [4.69, 9.17) is 5.73 Å². The van der Waals surface area contributed by atoms with Crippen molar-refractivity contribution in [2.24, 2.45) is 5.73 Å². The Kier molecular flexibility index (Phi) is 5.40. The van der Waals surface area contributed by atoms with Crippen molar-refractivity contribution < 1.29 is 4.79 Å². The Morgan fingerprint density at radius 3 is 1.71 bits per heavy atom. The minimum Gasteiger partial charge on any atom is -0.366 e. The lowest BCUT2D eigenvalue weighted by molar-refractivity contribution is 0.100. The molecule has 0 aromatic heterocycles. The molecule has 0 bridgehead atoms. The Hall–Kier alpha value is -2.44. The van der Waals surface area contributed by atoms with Crippen molar-refractivity contribution in [2.45, 2.75) is 6.42 Å². The predicted molar refractivity (Wildman–Crippen MR) is 103 cm³/mol. The summed E-state index contributed by atoms with van der Waals surface area (Å²) >= 11 is 0. The molecular weight excluding hydrogens is 313 g/mol. The van der Waals surface area contributed by atoms with Crippen LogP contribution in [0.2, 0.25) is 0 Å². The van der Waals surface area contributed by atoms with E-state index in [1.54, 1.807) is 0 Å². The Labute approximate surface area is 144 Å². The molecule has 0 saturated carbocycles. The van der Waals surface area contributed by atoms with Gasteiger partial charge in [0.25, 0.3) is 0 Å². The van der Waals surface area contributed by atoms with Crippen molar-refractivity contribution in [3.05, 3.63) is 96.1 Å². The summed E-state index contributed by atoms with van der Waals surface area (Å²) in [6.07, 6.45) is 2.06. The van der Waals surface area contributed by atoms with Gasteiger partial charge in [0.05, 0.1) is 0 Å². The van der Waals surface area contributed by atoms with Crippen molar-refractivity contribution in [3.8, 4) is 0 Å². The molecule has 0 saturated heterocycles. The van der Waals surface area contributed by atoms with Crippen LogP contribution in [0.4, 0.5) is 0 Å². The van der Waals surface area contributed by atoms with E-state index in [-0.39, 0.29) is 13.8 Å². The molecule has 0 aliphatic rings. The highest BCUT2D eigenvalue weighted by Crippen LogP contribution is 2.34. The van der Waals surface area contributed by atoms with E-state index in [0.717, 1.165) is 12.6 Å². The zero-order valence-corrected chi connectivity index (χ0v) is 14.3. The van der Waals surface area contributed by atoms with Crippen molar-refractivity contribution in [1.29, 1.82) is 0 Å². The van der Waals surface area contributed by atoms with Gasteiger partial charge in [-0.2, -0.15) is 0 Å². The maximum absolute atomic E-state index is 11.2. The van der Waals surface area contributed by atoms with Crippen LogP contribution in [-0.2, 0) is 6.42 Å². The van der Waals surface area contributed by atoms with Crippen molar-refractivity contribution in [1.82, 2.24) is 0 Å². The second kappa shape index (κ2) is 7.90. The first-order chi connectivity index (χ1) is 11.7.